The SMILES string of the molecule is CCCCCCCCCCCCCCCNCCc1cc(C)cc(C)n1. The van der Waals surface area contributed by atoms with Gasteiger partial charge in [-0.15, -0.1) is 0 Å². The standard InChI is InChI=1S/C24H44N2/c1-4-5-6-7-8-9-10-11-12-13-14-15-16-18-25-19-17-24-21-22(2)20-23(3)26-24/h20-21,25H,4-19H2,1-3H3. The zero-order valence-electron chi connectivity index (χ0n) is 17.9. The van der Waals surface area contributed by atoms with Gasteiger partial charge in [-0.1, -0.05) is 84.0 Å². The third kappa shape index (κ3) is 13.3. The maximum absolute atomic E-state index is 4.60. The van der Waals surface area contributed by atoms with Gasteiger partial charge in [0, 0.05) is 24.4 Å². The van der Waals surface area contributed by atoms with E-state index < -0.39 is 0 Å². The molecule has 0 fully saturated rings. The second kappa shape index (κ2) is 16.3. The van der Waals surface area contributed by atoms with Crippen molar-refractivity contribution < 1.29 is 0 Å². The van der Waals surface area contributed by atoms with Crippen LogP contribution in [0.15, 0.2) is 12.1 Å². The largest absolute Gasteiger partial charge is 0.316 e. The summed E-state index contributed by atoms with van der Waals surface area (Å²) in [7, 11) is 0. The molecule has 1 aromatic rings. The zero-order valence-corrected chi connectivity index (χ0v) is 17.9. The second-order valence-corrected chi connectivity index (χ2v) is 8.02. The average Bonchev–Trinajstić information content (AvgIpc) is 2.60. The van der Waals surface area contributed by atoms with Crippen LogP contribution < -0.4 is 5.32 Å². The van der Waals surface area contributed by atoms with Crippen LogP contribution in [0.25, 0.3) is 0 Å². The number of aryl methyl sites for hydroxylation is 2. The number of rotatable bonds is 17. The first-order valence-electron chi connectivity index (χ1n) is 11.4. The fraction of sp³-hybridized carbons (Fsp3) is 0.792. The fourth-order valence-corrected chi connectivity index (χ4v) is 3.66. The van der Waals surface area contributed by atoms with Crippen molar-refractivity contribution in [3.05, 3.63) is 29.1 Å². The molecule has 0 atom stereocenters. The predicted molar refractivity (Wildman–Crippen MR) is 116 cm³/mol. The van der Waals surface area contributed by atoms with Gasteiger partial charge < -0.3 is 5.32 Å². The van der Waals surface area contributed by atoms with Gasteiger partial charge in [0.2, 0.25) is 0 Å². The number of nitrogens with zero attached hydrogens (tertiary/aromatic N) is 1. The van der Waals surface area contributed by atoms with Gasteiger partial charge in [-0.25, -0.2) is 0 Å². The second-order valence-electron chi connectivity index (χ2n) is 8.02. The Kier molecular flexibility index (Phi) is 14.5. The predicted octanol–water partition coefficient (Wildman–Crippen LogP) is 6.92. The first-order valence-corrected chi connectivity index (χ1v) is 11.4. The Morgan fingerprint density at radius 1 is 0.692 bits per heavy atom. The summed E-state index contributed by atoms with van der Waals surface area (Å²) in [5.74, 6) is 0. The van der Waals surface area contributed by atoms with Crippen molar-refractivity contribution in [2.75, 3.05) is 13.1 Å². The van der Waals surface area contributed by atoms with Gasteiger partial charge in [0.15, 0.2) is 0 Å². The summed E-state index contributed by atoms with van der Waals surface area (Å²) >= 11 is 0. The minimum atomic E-state index is 1.04. The van der Waals surface area contributed by atoms with Crippen LogP contribution in [-0.4, -0.2) is 18.1 Å². The fourth-order valence-electron chi connectivity index (χ4n) is 3.66. The molecule has 0 aromatic carbocycles. The normalized spacial score (nSPS) is 11.2. The summed E-state index contributed by atoms with van der Waals surface area (Å²) < 4.78 is 0. The molecule has 0 spiro atoms. The molecular formula is C24H44N2. The van der Waals surface area contributed by atoms with Gasteiger partial charge in [-0.05, 0) is 44.5 Å². The summed E-state index contributed by atoms with van der Waals surface area (Å²) in [5.41, 5.74) is 3.68. The van der Waals surface area contributed by atoms with E-state index in [0.717, 1.165) is 25.2 Å². The van der Waals surface area contributed by atoms with Crippen molar-refractivity contribution in [2.45, 2.75) is 111 Å². The summed E-state index contributed by atoms with van der Waals surface area (Å²) in [6.07, 6.45) is 19.6. The third-order valence-corrected chi connectivity index (χ3v) is 5.17. The Balaban J connectivity index is 1.79. The Bertz CT molecular complexity index is 422. The molecule has 26 heavy (non-hydrogen) atoms. The van der Waals surface area contributed by atoms with Crippen LogP contribution in [0.3, 0.4) is 0 Å². The van der Waals surface area contributed by atoms with E-state index in [1.807, 2.05) is 0 Å². The molecule has 1 rings (SSSR count). The van der Waals surface area contributed by atoms with E-state index in [9.17, 15) is 0 Å². The van der Waals surface area contributed by atoms with E-state index in [1.165, 1.54) is 94.7 Å². The van der Waals surface area contributed by atoms with Crippen LogP contribution in [0, 0.1) is 13.8 Å². The van der Waals surface area contributed by atoms with Crippen LogP contribution in [0.5, 0.6) is 0 Å². The highest BCUT2D eigenvalue weighted by molar-refractivity contribution is 5.19. The topological polar surface area (TPSA) is 24.9 Å². The minimum Gasteiger partial charge on any atom is -0.316 e. The lowest BCUT2D eigenvalue weighted by atomic mass is 10.0. The van der Waals surface area contributed by atoms with Crippen molar-refractivity contribution in [1.29, 1.82) is 0 Å². The van der Waals surface area contributed by atoms with Crippen molar-refractivity contribution in [1.82, 2.24) is 10.3 Å². The van der Waals surface area contributed by atoms with E-state index in [2.05, 4.69) is 43.2 Å². The maximum Gasteiger partial charge on any atom is 0.0422 e. The van der Waals surface area contributed by atoms with Crippen molar-refractivity contribution in [2.24, 2.45) is 0 Å². The highest BCUT2D eigenvalue weighted by atomic mass is 14.8. The van der Waals surface area contributed by atoms with Crippen molar-refractivity contribution in [3.63, 3.8) is 0 Å². The Hall–Kier alpha value is -0.890. The van der Waals surface area contributed by atoms with Gasteiger partial charge in [0.05, 0.1) is 0 Å². The van der Waals surface area contributed by atoms with Crippen LogP contribution in [0.4, 0.5) is 0 Å². The van der Waals surface area contributed by atoms with Crippen LogP contribution in [-0.2, 0) is 6.42 Å². The summed E-state index contributed by atoms with van der Waals surface area (Å²) in [5, 5.41) is 3.57. The van der Waals surface area contributed by atoms with E-state index in [0.29, 0.717) is 0 Å². The number of pyridine rings is 1. The molecule has 0 bridgehead atoms. The van der Waals surface area contributed by atoms with Gasteiger partial charge in [0.25, 0.3) is 0 Å². The van der Waals surface area contributed by atoms with Crippen LogP contribution in [0.2, 0.25) is 0 Å². The van der Waals surface area contributed by atoms with Crippen molar-refractivity contribution >= 4 is 0 Å². The van der Waals surface area contributed by atoms with Gasteiger partial charge in [-0.2, -0.15) is 0 Å². The summed E-state index contributed by atoms with van der Waals surface area (Å²) in [6, 6.07) is 4.35. The Labute approximate surface area is 163 Å². The van der Waals surface area contributed by atoms with Gasteiger partial charge >= 0.3 is 0 Å². The van der Waals surface area contributed by atoms with Gasteiger partial charge in [-0.3, -0.25) is 4.98 Å². The molecule has 0 aliphatic rings. The van der Waals surface area contributed by atoms with Crippen molar-refractivity contribution in [3.8, 4) is 0 Å². The number of hydrogen-bond donors (Lipinski definition) is 1. The van der Waals surface area contributed by atoms with E-state index >= 15 is 0 Å². The number of hydrogen-bond acceptors (Lipinski definition) is 2. The highest BCUT2D eigenvalue weighted by Gasteiger charge is 1.98. The lowest BCUT2D eigenvalue weighted by molar-refractivity contribution is 0.532. The summed E-state index contributed by atoms with van der Waals surface area (Å²) in [4.78, 5) is 4.60. The Morgan fingerprint density at radius 3 is 1.77 bits per heavy atom. The molecule has 150 valence electrons. The quantitative estimate of drug-likeness (QED) is 0.305. The highest BCUT2D eigenvalue weighted by Crippen LogP contribution is 2.12. The molecule has 0 saturated heterocycles. The van der Waals surface area contributed by atoms with Gasteiger partial charge in [0.1, 0.15) is 0 Å². The Morgan fingerprint density at radius 2 is 1.23 bits per heavy atom. The molecule has 1 aromatic heterocycles. The zero-order chi connectivity index (χ0) is 18.9. The average molecular weight is 361 g/mol. The first kappa shape index (κ1) is 23.1. The number of aromatic nitrogens is 1. The smallest absolute Gasteiger partial charge is 0.0422 e. The third-order valence-electron chi connectivity index (χ3n) is 5.17. The molecule has 0 unspecified atom stereocenters. The van der Waals surface area contributed by atoms with E-state index in [4.69, 9.17) is 0 Å². The molecule has 2 heteroatoms. The molecule has 1 N–H and O–H groups in total. The minimum absolute atomic E-state index is 1.04. The molecule has 0 amide bonds. The molecule has 0 radical (unpaired) electrons. The molecular weight excluding hydrogens is 316 g/mol. The number of unbranched alkanes of at least 4 members (excludes halogenated alkanes) is 12. The maximum atomic E-state index is 4.60. The molecule has 2 nitrogen and oxygen atoms in total. The molecule has 0 aliphatic heterocycles. The lowest BCUT2D eigenvalue weighted by Crippen LogP contribution is -2.19. The first-order chi connectivity index (χ1) is 12.7. The summed E-state index contributed by atoms with van der Waals surface area (Å²) in [6.45, 7) is 8.73. The van der Waals surface area contributed by atoms with E-state index in [-0.39, 0.29) is 0 Å². The van der Waals surface area contributed by atoms with Crippen LogP contribution in [0.1, 0.15) is 107 Å². The number of nitrogens with one attached hydrogen (secondary N) is 1. The molecule has 0 aliphatic carbocycles. The van der Waals surface area contributed by atoms with E-state index in [1.54, 1.807) is 0 Å². The molecule has 0 saturated carbocycles. The van der Waals surface area contributed by atoms with Crippen LogP contribution >= 0.6 is 0 Å². The molecule has 1 heterocycles. The monoisotopic (exact) mass is 360 g/mol. The lowest BCUT2D eigenvalue weighted by Gasteiger charge is -2.06.